The predicted molar refractivity (Wildman–Crippen MR) is 84.6 cm³/mol. The summed E-state index contributed by atoms with van der Waals surface area (Å²) in [4.78, 5) is 23.4. The third-order valence-corrected chi connectivity index (χ3v) is 4.35. The van der Waals surface area contributed by atoms with Gasteiger partial charge in [-0.1, -0.05) is 25.8 Å². The predicted octanol–water partition coefficient (Wildman–Crippen LogP) is 3.69. The number of rotatable bonds is 5. The largest absolute Gasteiger partial charge is 0.464 e. The van der Waals surface area contributed by atoms with Gasteiger partial charge in [-0.3, -0.25) is 14.9 Å². The third-order valence-electron chi connectivity index (χ3n) is 4.35. The second-order valence-corrected chi connectivity index (χ2v) is 5.98. The highest BCUT2D eigenvalue weighted by molar-refractivity contribution is 6.02. The minimum absolute atomic E-state index is 0.186. The van der Waals surface area contributed by atoms with Crippen LogP contribution in [0.3, 0.4) is 0 Å². The van der Waals surface area contributed by atoms with Gasteiger partial charge in [-0.05, 0) is 37.0 Å². The topological polar surface area (TPSA) is 59.3 Å². The molecule has 0 radical (unpaired) electrons. The lowest BCUT2D eigenvalue weighted by molar-refractivity contribution is -0.134. The van der Waals surface area contributed by atoms with Crippen molar-refractivity contribution in [3.05, 3.63) is 35.6 Å². The molecule has 1 N–H and O–H groups in total. The van der Waals surface area contributed by atoms with Crippen molar-refractivity contribution >= 4 is 22.8 Å². The minimum atomic E-state index is -0.287. The summed E-state index contributed by atoms with van der Waals surface area (Å²) in [5, 5.41) is 3.42. The number of hydrogen-bond acceptors (Lipinski definition) is 3. The molecule has 1 atom stereocenters. The molecule has 22 heavy (non-hydrogen) atoms. The van der Waals surface area contributed by atoms with E-state index in [1.807, 2.05) is 6.07 Å². The van der Waals surface area contributed by atoms with E-state index in [9.17, 15) is 9.59 Å². The van der Waals surface area contributed by atoms with Crippen LogP contribution in [-0.2, 0) is 16.0 Å². The second-order valence-electron chi connectivity index (χ2n) is 5.98. The molecule has 2 aromatic rings. The van der Waals surface area contributed by atoms with Crippen LogP contribution in [0.2, 0.25) is 0 Å². The summed E-state index contributed by atoms with van der Waals surface area (Å²) < 4.78 is 5.59. The van der Waals surface area contributed by atoms with Crippen LogP contribution in [0.15, 0.2) is 28.9 Å². The summed E-state index contributed by atoms with van der Waals surface area (Å²) in [6.45, 7) is 2.19. The zero-order valence-electron chi connectivity index (χ0n) is 12.9. The summed E-state index contributed by atoms with van der Waals surface area (Å²) in [5.41, 5.74) is 2.98. The summed E-state index contributed by atoms with van der Waals surface area (Å²) in [6.07, 6.45) is 7.26. The summed E-state index contributed by atoms with van der Waals surface area (Å²) in [5.74, 6) is -0.686. The van der Waals surface area contributed by atoms with E-state index in [1.165, 1.54) is 24.8 Å². The highest BCUT2D eigenvalue weighted by atomic mass is 16.3. The molecule has 1 aliphatic heterocycles. The van der Waals surface area contributed by atoms with E-state index in [0.717, 1.165) is 23.0 Å². The van der Waals surface area contributed by atoms with Crippen molar-refractivity contribution in [1.29, 1.82) is 0 Å². The van der Waals surface area contributed by atoms with E-state index in [0.29, 0.717) is 12.8 Å². The van der Waals surface area contributed by atoms with Crippen LogP contribution < -0.4 is 5.32 Å². The molecule has 1 aliphatic rings. The first-order valence-electron chi connectivity index (χ1n) is 8.02. The van der Waals surface area contributed by atoms with Gasteiger partial charge in [-0.15, -0.1) is 0 Å². The molecule has 0 bridgehead atoms. The molecule has 1 saturated heterocycles. The summed E-state index contributed by atoms with van der Waals surface area (Å²) >= 11 is 0. The fraction of sp³-hybridized carbons (Fsp3) is 0.444. The molecule has 1 aromatic heterocycles. The van der Waals surface area contributed by atoms with Crippen LogP contribution >= 0.6 is 0 Å². The molecule has 1 fully saturated rings. The average Bonchev–Trinajstić information content (AvgIpc) is 2.91. The zero-order chi connectivity index (χ0) is 15.5. The normalized spacial score (nSPS) is 18.7. The molecule has 0 spiro atoms. The molecular formula is C18H21NO3. The Kier molecular flexibility index (Phi) is 4.27. The van der Waals surface area contributed by atoms with Crippen LogP contribution in [0, 0.1) is 0 Å². The van der Waals surface area contributed by atoms with Crippen LogP contribution in [-0.4, -0.2) is 11.8 Å². The summed E-state index contributed by atoms with van der Waals surface area (Å²) in [6, 6.07) is 6.20. The maximum atomic E-state index is 12.1. The number of fused-ring (bicyclic) bond motifs is 1. The number of carbonyl (C=O) groups is 2. The van der Waals surface area contributed by atoms with Crippen LogP contribution in [0.4, 0.5) is 0 Å². The number of piperidine rings is 1. The minimum Gasteiger partial charge on any atom is -0.464 e. The molecule has 0 saturated carbocycles. The molecule has 1 aromatic carbocycles. The number of aryl methyl sites for hydroxylation is 1. The van der Waals surface area contributed by atoms with E-state index >= 15 is 0 Å². The van der Waals surface area contributed by atoms with Gasteiger partial charge >= 0.3 is 0 Å². The van der Waals surface area contributed by atoms with Gasteiger partial charge in [0.25, 0.3) is 0 Å². The Balaban J connectivity index is 1.88. The van der Waals surface area contributed by atoms with Crippen LogP contribution in [0.1, 0.15) is 56.1 Å². The number of amides is 2. The monoisotopic (exact) mass is 299 g/mol. The maximum Gasteiger partial charge on any atom is 0.234 e. The Morgan fingerprint density at radius 3 is 2.91 bits per heavy atom. The molecule has 2 heterocycles. The van der Waals surface area contributed by atoms with E-state index < -0.39 is 0 Å². The van der Waals surface area contributed by atoms with Crippen molar-refractivity contribution in [2.45, 2.75) is 51.4 Å². The number of hydrogen-bond donors (Lipinski definition) is 1. The summed E-state index contributed by atoms with van der Waals surface area (Å²) in [7, 11) is 0. The molecular weight excluding hydrogens is 278 g/mol. The fourth-order valence-corrected chi connectivity index (χ4v) is 3.09. The Bertz CT molecular complexity index is 701. The van der Waals surface area contributed by atoms with Gasteiger partial charge in [-0.2, -0.15) is 0 Å². The first kappa shape index (κ1) is 14.8. The number of nitrogens with one attached hydrogen (secondary N) is 1. The van der Waals surface area contributed by atoms with Gasteiger partial charge in [0, 0.05) is 17.4 Å². The lowest BCUT2D eigenvalue weighted by atomic mass is 9.89. The standard InChI is InChI=1S/C18H21NO3/c1-2-3-4-5-12-6-8-16-14(10-12)15(11-22-16)13-7-9-17(20)19-18(13)21/h6,8,10-11,13H,2-5,7,9H2,1H3,(H,19,20,21). The number of imide groups is 1. The van der Waals surface area contributed by atoms with Gasteiger partial charge < -0.3 is 4.42 Å². The number of furan rings is 1. The van der Waals surface area contributed by atoms with Gasteiger partial charge in [-0.25, -0.2) is 0 Å². The SMILES string of the molecule is CCCCCc1ccc2occ(C3CCC(=O)NC3=O)c2c1. The van der Waals surface area contributed by atoms with Crippen molar-refractivity contribution in [2.24, 2.45) is 0 Å². The van der Waals surface area contributed by atoms with E-state index in [-0.39, 0.29) is 17.7 Å². The fourth-order valence-electron chi connectivity index (χ4n) is 3.09. The Labute approximate surface area is 129 Å². The van der Waals surface area contributed by atoms with E-state index in [1.54, 1.807) is 6.26 Å². The molecule has 4 heteroatoms. The molecule has 0 aliphatic carbocycles. The van der Waals surface area contributed by atoms with Crippen molar-refractivity contribution < 1.29 is 14.0 Å². The van der Waals surface area contributed by atoms with E-state index in [2.05, 4.69) is 24.4 Å². The van der Waals surface area contributed by atoms with Crippen molar-refractivity contribution in [1.82, 2.24) is 5.32 Å². The van der Waals surface area contributed by atoms with Crippen molar-refractivity contribution in [3.63, 3.8) is 0 Å². The Morgan fingerprint density at radius 2 is 2.14 bits per heavy atom. The lowest BCUT2D eigenvalue weighted by Crippen LogP contribution is -2.39. The van der Waals surface area contributed by atoms with Crippen molar-refractivity contribution in [3.8, 4) is 0 Å². The number of benzene rings is 1. The maximum absolute atomic E-state index is 12.1. The number of unbranched alkanes of at least 4 members (excludes halogenated alkanes) is 2. The Morgan fingerprint density at radius 1 is 1.27 bits per heavy atom. The first-order valence-corrected chi connectivity index (χ1v) is 8.02. The molecule has 116 valence electrons. The Hall–Kier alpha value is -2.10. The second kappa shape index (κ2) is 6.34. The number of carbonyl (C=O) groups excluding carboxylic acids is 2. The third kappa shape index (κ3) is 2.91. The first-order chi connectivity index (χ1) is 10.7. The molecule has 3 rings (SSSR count). The molecule has 1 unspecified atom stereocenters. The quantitative estimate of drug-likeness (QED) is 0.676. The van der Waals surface area contributed by atoms with Gasteiger partial charge in [0.15, 0.2) is 0 Å². The lowest BCUT2D eigenvalue weighted by Gasteiger charge is -2.19. The smallest absolute Gasteiger partial charge is 0.234 e. The van der Waals surface area contributed by atoms with Gasteiger partial charge in [0.2, 0.25) is 11.8 Å². The average molecular weight is 299 g/mol. The van der Waals surface area contributed by atoms with E-state index in [4.69, 9.17) is 4.42 Å². The molecule has 2 amide bonds. The van der Waals surface area contributed by atoms with Crippen LogP contribution in [0.5, 0.6) is 0 Å². The van der Waals surface area contributed by atoms with Crippen LogP contribution in [0.25, 0.3) is 11.0 Å². The zero-order valence-corrected chi connectivity index (χ0v) is 12.9. The van der Waals surface area contributed by atoms with Crippen molar-refractivity contribution in [2.75, 3.05) is 0 Å². The van der Waals surface area contributed by atoms with Gasteiger partial charge in [0.1, 0.15) is 5.58 Å². The highest BCUT2D eigenvalue weighted by Crippen LogP contribution is 2.33. The molecule has 4 nitrogen and oxygen atoms in total. The van der Waals surface area contributed by atoms with Gasteiger partial charge in [0.05, 0.1) is 12.2 Å². The highest BCUT2D eigenvalue weighted by Gasteiger charge is 2.30.